The van der Waals surface area contributed by atoms with E-state index in [2.05, 4.69) is 0 Å². The third kappa shape index (κ3) is 3.26. The van der Waals surface area contributed by atoms with Gasteiger partial charge in [0.15, 0.2) is 0 Å². The zero-order valence-corrected chi connectivity index (χ0v) is 11.7. The first-order valence-corrected chi connectivity index (χ1v) is 6.76. The molecule has 0 bridgehead atoms. The first-order chi connectivity index (χ1) is 9.11. The van der Waals surface area contributed by atoms with Crippen molar-refractivity contribution in [3.05, 3.63) is 29.3 Å². The molecule has 1 aromatic rings. The van der Waals surface area contributed by atoms with E-state index in [9.17, 15) is 4.79 Å². The maximum Gasteiger partial charge on any atom is 0.254 e. The summed E-state index contributed by atoms with van der Waals surface area (Å²) >= 11 is 0. The molecule has 0 spiro atoms. The van der Waals surface area contributed by atoms with Crippen LogP contribution in [0.25, 0.3) is 0 Å². The molecule has 1 heterocycles. The number of nitrogens with two attached hydrogens (primary N) is 1. The Morgan fingerprint density at radius 2 is 2.11 bits per heavy atom. The molecular weight excluding hydrogens is 240 g/mol. The highest BCUT2D eigenvalue weighted by Gasteiger charge is 2.24. The van der Waals surface area contributed by atoms with Gasteiger partial charge in [-0.3, -0.25) is 4.79 Å². The molecule has 0 saturated carbocycles. The van der Waals surface area contributed by atoms with E-state index in [0.717, 1.165) is 43.7 Å². The van der Waals surface area contributed by atoms with Gasteiger partial charge in [-0.2, -0.15) is 0 Å². The first kappa shape index (κ1) is 13.9. The quantitative estimate of drug-likeness (QED) is 0.848. The van der Waals surface area contributed by atoms with E-state index in [1.807, 2.05) is 24.0 Å². The van der Waals surface area contributed by atoms with Crippen LogP contribution in [0.1, 0.15) is 28.8 Å². The minimum atomic E-state index is 0.119. The number of amides is 1. The molecule has 4 heteroatoms. The van der Waals surface area contributed by atoms with Gasteiger partial charge in [0.05, 0.1) is 0 Å². The molecule has 0 radical (unpaired) electrons. The molecular formula is C15H22N2O2. The molecule has 1 amide bonds. The van der Waals surface area contributed by atoms with Crippen LogP contribution in [0.4, 0.5) is 5.69 Å². The van der Waals surface area contributed by atoms with Gasteiger partial charge in [-0.25, -0.2) is 0 Å². The number of carbonyl (C=O) groups excluding carboxylic acids is 1. The zero-order valence-electron chi connectivity index (χ0n) is 11.7. The summed E-state index contributed by atoms with van der Waals surface area (Å²) in [6.45, 7) is 4.36. The van der Waals surface area contributed by atoms with Crippen LogP contribution in [0.15, 0.2) is 18.2 Å². The van der Waals surface area contributed by atoms with E-state index in [4.69, 9.17) is 10.5 Å². The highest BCUT2D eigenvalue weighted by molar-refractivity contribution is 5.96. The second kappa shape index (κ2) is 6.06. The summed E-state index contributed by atoms with van der Waals surface area (Å²) in [5.41, 5.74) is 8.13. The van der Waals surface area contributed by atoms with Crippen molar-refractivity contribution in [2.24, 2.45) is 5.92 Å². The maximum atomic E-state index is 12.5. The van der Waals surface area contributed by atoms with Crippen molar-refractivity contribution < 1.29 is 9.53 Å². The van der Waals surface area contributed by atoms with Crippen molar-refractivity contribution in [3.63, 3.8) is 0 Å². The second-order valence-corrected chi connectivity index (χ2v) is 5.27. The van der Waals surface area contributed by atoms with Crippen molar-refractivity contribution >= 4 is 11.6 Å². The zero-order chi connectivity index (χ0) is 13.8. The fourth-order valence-electron chi connectivity index (χ4n) is 2.64. The summed E-state index contributed by atoms with van der Waals surface area (Å²) in [7, 11) is 1.73. The van der Waals surface area contributed by atoms with Crippen molar-refractivity contribution in [2.45, 2.75) is 19.8 Å². The minimum Gasteiger partial charge on any atom is -0.399 e. The van der Waals surface area contributed by atoms with Crippen molar-refractivity contribution in [2.75, 3.05) is 32.5 Å². The summed E-state index contributed by atoms with van der Waals surface area (Å²) in [6.07, 6.45) is 2.04. The van der Waals surface area contributed by atoms with Gasteiger partial charge in [0.2, 0.25) is 0 Å². The van der Waals surface area contributed by atoms with Gasteiger partial charge >= 0.3 is 0 Å². The second-order valence-electron chi connectivity index (χ2n) is 5.27. The van der Waals surface area contributed by atoms with Crippen LogP contribution < -0.4 is 5.73 Å². The van der Waals surface area contributed by atoms with Crippen LogP contribution in [0, 0.1) is 12.8 Å². The van der Waals surface area contributed by atoms with E-state index >= 15 is 0 Å². The number of aryl methyl sites for hydroxylation is 1. The number of nitrogen functional groups attached to an aromatic ring is 1. The lowest BCUT2D eigenvalue weighted by Crippen LogP contribution is -2.39. The van der Waals surface area contributed by atoms with Gasteiger partial charge in [0, 0.05) is 38.1 Å². The minimum absolute atomic E-state index is 0.119. The normalized spacial score (nSPS) is 16.6. The van der Waals surface area contributed by atoms with E-state index < -0.39 is 0 Å². The van der Waals surface area contributed by atoms with Crippen LogP contribution >= 0.6 is 0 Å². The van der Waals surface area contributed by atoms with Gasteiger partial charge in [-0.15, -0.1) is 0 Å². The molecule has 0 aliphatic carbocycles. The Morgan fingerprint density at radius 1 is 1.42 bits per heavy atom. The van der Waals surface area contributed by atoms with E-state index in [-0.39, 0.29) is 5.91 Å². The number of anilines is 1. The largest absolute Gasteiger partial charge is 0.399 e. The molecule has 0 unspecified atom stereocenters. The van der Waals surface area contributed by atoms with Gasteiger partial charge in [0.1, 0.15) is 0 Å². The third-order valence-corrected chi connectivity index (χ3v) is 3.78. The number of piperidine rings is 1. The van der Waals surface area contributed by atoms with Crippen LogP contribution in [0.5, 0.6) is 0 Å². The number of carbonyl (C=O) groups is 1. The Kier molecular flexibility index (Phi) is 4.43. The fraction of sp³-hybridized carbons (Fsp3) is 0.533. The lowest BCUT2D eigenvalue weighted by Gasteiger charge is -2.32. The Hall–Kier alpha value is -1.55. The molecule has 4 nitrogen and oxygen atoms in total. The number of ether oxygens (including phenoxy) is 1. The molecule has 104 valence electrons. The number of nitrogens with zero attached hydrogens (tertiary/aromatic N) is 1. The highest BCUT2D eigenvalue weighted by Crippen LogP contribution is 2.21. The smallest absolute Gasteiger partial charge is 0.254 e. The maximum absolute atomic E-state index is 12.5. The summed E-state index contributed by atoms with van der Waals surface area (Å²) in [5.74, 6) is 0.704. The Bertz CT molecular complexity index is 451. The molecule has 1 aromatic carbocycles. The summed E-state index contributed by atoms with van der Waals surface area (Å²) < 4.78 is 5.18. The van der Waals surface area contributed by atoms with Gasteiger partial charge < -0.3 is 15.4 Å². The lowest BCUT2D eigenvalue weighted by atomic mass is 9.96. The molecule has 2 N–H and O–H groups in total. The van der Waals surface area contributed by atoms with Crippen molar-refractivity contribution in [3.8, 4) is 0 Å². The number of benzene rings is 1. The van der Waals surface area contributed by atoms with Crippen molar-refractivity contribution in [1.82, 2.24) is 4.90 Å². The van der Waals surface area contributed by atoms with Crippen molar-refractivity contribution in [1.29, 1.82) is 0 Å². The molecule has 0 aromatic heterocycles. The Labute approximate surface area is 114 Å². The van der Waals surface area contributed by atoms with E-state index in [1.54, 1.807) is 13.2 Å². The van der Waals surface area contributed by atoms with E-state index in [1.165, 1.54) is 0 Å². The van der Waals surface area contributed by atoms with Gasteiger partial charge in [-0.05, 0) is 49.4 Å². The Balaban J connectivity index is 2.01. The first-order valence-electron chi connectivity index (χ1n) is 6.76. The Morgan fingerprint density at radius 3 is 2.68 bits per heavy atom. The molecule has 1 saturated heterocycles. The summed E-state index contributed by atoms with van der Waals surface area (Å²) in [5, 5.41) is 0. The molecule has 2 rings (SSSR count). The third-order valence-electron chi connectivity index (χ3n) is 3.78. The van der Waals surface area contributed by atoms with Crippen LogP contribution in [0.2, 0.25) is 0 Å². The van der Waals surface area contributed by atoms with Crippen LogP contribution in [0.3, 0.4) is 0 Å². The van der Waals surface area contributed by atoms with Gasteiger partial charge in [-0.1, -0.05) is 0 Å². The molecule has 0 atom stereocenters. The van der Waals surface area contributed by atoms with Crippen LogP contribution in [-0.4, -0.2) is 37.6 Å². The molecule has 1 aliphatic heterocycles. The topological polar surface area (TPSA) is 55.6 Å². The highest BCUT2D eigenvalue weighted by atomic mass is 16.5. The predicted molar refractivity (Wildman–Crippen MR) is 76.1 cm³/mol. The average molecular weight is 262 g/mol. The number of rotatable bonds is 3. The number of methoxy groups -OCH3 is 1. The fourth-order valence-corrected chi connectivity index (χ4v) is 2.64. The standard InChI is InChI=1S/C15H22N2O2/c1-11-9-13(16)3-4-14(11)15(18)17-7-5-12(6-8-17)10-19-2/h3-4,9,12H,5-8,10,16H2,1-2H3. The summed E-state index contributed by atoms with van der Waals surface area (Å²) in [6, 6.07) is 5.47. The lowest BCUT2D eigenvalue weighted by molar-refractivity contribution is 0.0613. The number of hydrogen-bond donors (Lipinski definition) is 1. The average Bonchev–Trinajstić information content (AvgIpc) is 2.39. The van der Waals surface area contributed by atoms with Gasteiger partial charge in [0.25, 0.3) is 5.91 Å². The van der Waals surface area contributed by atoms with Crippen LogP contribution in [-0.2, 0) is 4.74 Å². The number of hydrogen-bond acceptors (Lipinski definition) is 3. The molecule has 19 heavy (non-hydrogen) atoms. The number of likely N-dealkylation sites (tertiary alicyclic amines) is 1. The predicted octanol–water partition coefficient (Wildman–Crippen LogP) is 2.08. The monoisotopic (exact) mass is 262 g/mol. The van der Waals surface area contributed by atoms with E-state index in [0.29, 0.717) is 11.6 Å². The SMILES string of the molecule is COCC1CCN(C(=O)c2ccc(N)cc2C)CC1. The molecule has 1 aliphatic rings. The molecule has 1 fully saturated rings. The summed E-state index contributed by atoms with van der Waals surface area (Å²) in [4.78, 5) is 14.4.